The van der Waals surface area contributed by atoms with Gasteiger partial charge in [-0.05, 0) is 43.4 Å². The molecular weight excluding hydrogens is 238 g/mol. The van der Waals surface area contributed by atoms with Crippen molar-refractivity contribution in [2.24, 2.45) is 5.92 Å². The Kier molecular flexibility index (Phi) is 4.24. The maximum absolute atomic E-state index is 12.2. The third-order valence-corrected chi connectivity index (χ3v) is 3.43. The first-order valence-electron chi connectivity index (χ1n) is 6.61. The van der Waals surface area contributed by atoms with Crippen LogP contribution in [0.1, 0.15) is 41.3 Å². The highest BCUT2D eigenvalue weighted by Crippen LogP contribution is 2.26. The number of aryl methyl sites for hydroxylation is 1. The molecule has 0 unspecified atom stereocenters. The molecule has 1 aliphatic carbocycles. The van der Waals surface area contributed by atoms with Crippen molar-refractivity contribution in [3.63, 3.8) is 0 Å². The fourth-order valence-electron chi connectivity index (χ4n) is 2.38. The number of aliphatic hydroxyl groups is 1. The summed E-state index contributed by atoms with van der Waals surface area (Å²) in [4.78, 5) is 12.2. The first-order valence-corrected chi connectivity index (χ1v) is 6.61. The van der Waals surface area contributed by atoms with Crippen LogP contribution in [0.2, 0.25) is 0 Å². The second kappa shape index (κ2) is 5.90. The van der Waals surface area contributed by atoms with Crippen LogP contribution in [-0.4, -0.2) is 23.7 Å². The highest BCUT2D eigenvalue weighted by Gasteiger charge is 2.27. The van der Waals surface area contributed by atoms with Gasteiger partial charge < -0.3 is 10.4 Å². The second-order valence-electron chi connectivity index (χ2n) is 5.26. The van der Waals surface area contributed by atoms with Gasteiger partial charge in [-0.15, -0.1) is 0 Å². The van der Waals surface area contributed by atoms with Crippen molar-refractivity contribution in [1.29, 1.82) is 0 Å². The third kappa shape index (κ3) is 3.36. The Hall–Kier alpha value is -1.79. The smallest absolute Gasteiger partial charge is 0.252 e. The zero-order valence-corrected chi connectivity index (χ0v) is 11.4. The minimum Gasteiger partial charge on any atom is -0.384 e. The number of hydrogen-bond acceptors (Lipinski definition) is 2. The number of benzene rings is 1. The molecule has 1 aromatic carbocycles. The van der Waals surface area contributed by atoms with Crippen LogP contribution >= 0.6 is 0 Å². The fourth-order valence-corrected chi connectivity index (χ4v) is 2.38. The second-order valence-corrected chi connectivity index (χ2v) is 5.26. The summed E-state index contributed by atoms with van der Waals surface area (Å²) in [6.45, 7) is 3.95. The quantitative estimate of drug-likeness (QED) is 0.795. The Morgan fingerprint density at radius 2 is 2.21 bits per heavy atom. The molecule has 3 heteroatoms. The molecule has 3 nitrogen and oxygen atoms in total. The van der Waals surface area contributed by atoms with Gasteiger partial charge in [0.25, 0.3) is 5.91 Å². The Labute approximate surface area is 114 Å². The molecule has 1 aliphatic rings. The van der Waals surface area contributed by atoms with Crippen molar-refractivity contribution in [2.75, 3.05) is 6.61 Å². The van der Waals surface area contributed by atoms with Crippen LogP contribution in [0.4, 0.5) is 0 Å². The molecule has 1 aromatic rings. The summed E-state index contributed by atoms with van der Waals surface area (Å²) in [6.07, 6.45) is 2.10. The van der Waals surface area contributed by atoms with Crippen LogP contribution in [0.25, 0.3) is 0 Å². The summed E-state index contributed by atoms with van der Waals surface area (Å²) in [5.74, 6) is 6.08. The number of hydrogen-bond donors (Lipinski definition) is 2. The van der Waals surface area contributed by atoms with E-state index in [0.717, 1.165) is 18.4 Å². The fraction of sp³-hybridized carbons (Fsp3) is 0.438. The van der Waals surface area contributed by atoms with Crippen molar-refractivity contribution >= 4 is 5.91 Å². The molecule has 19 heavy (non-hydrogen) atoms. The average molecular weight is 257 g/mol. The predicted octanol–water partition coefficient (Wildman–Crippen LogP) is 1.87. The van der Waals surface area contributed by atoms with E-state index in [1.807, 2.05) is 19.1 Å². The summed E-state index contributed by atoms with van der Waals surface area (Å²) in [5, 5.41) is 11.8. The molecule has 0 bridgehead atoms. The van der Waals surface area contributed by atoms with Gasteiger partial charge in [0.2, 0.25) is 0 Å². The van der Waals surface area contributed by atoms with Gasteiger partial charge in [-0.2, -0.15) is 0 Å². The van der Waals surface area contributed by atoms with E-state index in [0.29, 0.717) is 23.1 Å². The van der Waals surface area contributed by atoms with Crippen LogP contribution in [0.5, 0.6) is 0 Å². The Morgan fingerprint density at radius 3 is 2.84 bits per heavy atom. The summed E-state index contributed by atoms with van der Waals surface area (Å²) in [7, 11) is 0. The van der Waals surface area contributed by atoms with Gasteiger partial charge >= 0.3 is 0 Å². The van der Waals surface area contributed by atoms with Gasteiger partial charge in [0, 0.05) is 11.6 Å². The largest absolute Gasteiger partial charge is 0.384 e. The van der Waals surface area contributed by atoms with Gasteiger partial charge in [-0.1, -0.05) is 24.8 Å². The highest BCUT2D eigenvalue weighted by molar-refractivity contribution is 5.97. The maximum atomic E-state index is 12.2. The van der Waals surface area contributed by atoms with E-state index in [2.05, 4.69) is 24.1 Å². The lowest BCUT2D eigenvalue weighted by Crippen LogP contribution is -2.43. The average Bonchev–Trinajstić information content (AvgIpc) is 2.34. The Bertz CT molecular complexity index is 533. The van der Waals surface area contributed by atoms with Gasteiger partial charge in [0.1, 0.15) is 6.61 Å². The molecular formula is C16H19NO2. The molecule has 0 aromatic heterocycles. The molecule has 0 heterocycles. The van der Waals surface area contributed by atoms with Crippen molar-refractivity contribution in [2.45, 2.75) is 32.7 Å². The van der Waals surface area contributed by atoms with E-state index in [1.54, 1.807) is 6.07 Å². The van der Waals surface area contributed by atoms with Crippen LogP contribution in [0, 0.1) is 24.7 Å². The lowest BCUT2D eigenvalue weighted by Gasteiger charge is -2.33. The van der Waals surface area contributed by atoms with Gasteiger partial charge in [-0.25, -0.2) is 0 Å². The minimum absolute atomic E-state index is 0.0702. The van der Waals surface area contributed by atoms with Crippen LogP contribution in [-0.2, 0) is 0 Å². The molecule has 0 atom stereocenters. The number of nitrogens with one attached hydrogen (secondary N) is 1. The SMILES string of the molecule is Cc1ccc(C(=O)NC2CC(C)C2)c(C#CCO)c1. The lowest BCUT2D eigenvalue weighted by molar-refractivity contribution is 0.0896. The van der Waals surface area contributed by atoms with Crippen molar-refractivity contribution in [3.05, 3.63) is 34.9 Å². The summed E-state index contributed by atoms with van der Waals surface area (Å²) < 4.78 is 0. The van der Waals surface area contributed by atoms with Crippen molar-refractivity contribution in [1.82, 2.24) is 5.32 Å². The maximum Gasteiger partial charge on any atom is 0.252 e. The first kappa shape index (κ1) is 13.6. The van der Waals surface area contributed by atoms with E-state index in [1.165, 1.54) is 0 Å². The van der Waals surface area contributed by atoms with E-state index < -0.39 is 0 Å². The van der Waals surface area contributed by atoms with E-state index in [9.17, 15) is 4.79 Å². The Balaban J connectivity index is 2.16. The third-order valence-electron chi connectivity index (χ3n) is 3.43. The summed E-state index contributed by atoms with van der Waals surface area (Å²) >= 11 is 0. The van der Waals surface area contributed by atoms with Crippen LogP contribution in [0.3, 0.4) is 0 Å². The highest BCUT2D eigenvalue weighted by atomic mass is 16.2. The molecule has 0 spiro atoms. The normalized spacial score (nSPS) is 21.0. The monoisotopic (exact) mass is 257 g/mol. The first-order chi connectivity index (χ1) is 9.10. The van der Waals surface area contributed by atoms with E-state index >= 15 is 0 Å². The zero-order valence-electron chi connectivity index (χ0n) is 11.4. The minimum atomic E-state index is -0.199. The molecule has 0 aliphatic heterocycles. The van der Waals surface area contributed by atoms with E-state index in [4.69, 9.17) is 5.11 Å². The molecule has 0 saturated heterocycles. The molecule has 0 radical (unpaired) electrons. The van der Waals surface area contributed by atoms with E-state index in [-0.39, 0.29) is 12.5 Å². The zero-order chi connectivity index (χ0) is 13.8. The number of rotatable bonds is 2. The van der Waals surface area contributed by atoms with Gasteiger partial charge in [0.15, 0.2) is 0 Å². The molecule has 2 rings (SSSR count). The van der Waals surface area contributed by atoms with Crippen LogP contribution < -0.4 is 5.32 Å². The molecule has 1 amide bonds. The molecule has 1 saturated carbocycles. The lowest BCUT2D eigenvalue weighted by atomic mass is 9.82. The van der Waals surface area contributed by atoms with Gasteiger partial charge in [-0.3, -0.25) is 4.79 Å². The molecule has 100 valence electrons. The van der Waals surface area contributed by atoms with Crippen molar-refractivity contribution < 1.29 is 9.90 Å². The summed E-state index contributed by atoms with van der Waals surface area (Å²) in [5.41, 5.74) is 2.32. The topological polar surface area (TPSA) is 49.3 Å². The number of carbonyl (C=O) groups is 1. The standard InChI is InChI=1S/C16H19NO2/c1-11-5-6-15(13(8-11)4-3-7-18)16(19)17-14-9-12(2)10-14/h5-6,8,12,14,18H,7,9-10H2,1-2H3,(H,17,19). The number of aliphatic hydroxyl groups excluding tert-OH is 1. The molecule has 2 N–H and O–H groups in total. The van der Waals surface area contributed by atoms with Crippen molar-refractivity contribution in [3.8, 4) is 11.8 Å². The number of carbonyl (C=O) groups excluding carboxylic acids is 1. The Morgan fingerprint density at radius 1 is 1.47 bits per heavy atom. The summed E-state index contributed by atoms with van der Waals surface area (Å²) in [6, 6.07) is 5.87. The predicted molar refractivity (Wildman–Crippen MR) is 74.8 cm³/mol. The van der Waals surface area contributed by atoms with Gasteiger partial charge in [0.05, 0.1) is 5.56 Å². The molecule has 1 fully saturated rings. The number of amides is 1. The van der Waals surface area contributed by atoms with Crippen LogP contribution in [0.15, 0.2) is 18.2 Å².